The lowest BCUT2D eigenvalue weighted by Gasteiger charge is -2.26. The zero-order valence-electron chi connectivity index (χ0n) is 38.9. The number of ether oxygens (including phenoxy) is 10. The molecule has 0 N–H and O–H groups in total. The van der Waals surface area contributed by atoms with Crippen LogP contribution in [-0.4, -0.2) is 129 Å². The predicted molar refractivity (Wildman–Crippen MR) is 246 cm³/mol. The Kier molecular flexibility index (Phi) is 26.5. The molecule has 0 aliphatic carbocycles. The molecule has 2 rings (SSSR count). The van der Waals surface area contributed by atoms with Crippen LogP contribution in [0.2, 0.25) is 0 Å². The third kappa shape index (κ3) is 18.6. The van der Waals surface area contributed by atoms with Crippen molar-refractivity contribution in [1.82, 2.24) is 0 Å². The maximum atomic E-state index is 12.7. The molecule has 0 fully saturated rings. The second-order valence-corrected chi connectivity index (χ2v) is 13.2. The summed E-state index contributed by atoms with van der Waals surface area (Å²) in [7, 11) is 0. The molecule has 358 valence electrons. The van der Waals surface area contributed by atoms with Crippen molar-refractivity contribution in [1.29, 1.82) is 10.5 Å². The fourth-order valence-corrected chi connectivity index (χ4v) is 5.92. The van der Waals surface area contributed by atoms with Crippen LogP contribution < -0.4 is 28.7 Å². The number of hydrogen-bond donors (Lipinski definition) is 0. The van der Waals surface area contributed by atoms with Crippen LogP contribution >= 0.6 is 0 Å². The molecule has 0 aliphatic rings. The Balaban J connectivity index is 2.09. The highest BCUT2D eigenvalue weighted by Gasteiger charge is 2.21. The number of likely N-dealkylation sites (N-methyl/N-ethyl adjacent to an activating group) is 2. The summed E-state index contributed by atoms with van der Waals surface area (Å²) in [5.41, 5.74) is 1.76. The molecule has 0 radical (unpaired) electrons. The second kappa shape index (κ2) is 31.8. The summed E-state index contributed by atoms with van der Waals surface area (Å²) >= 11 is 0. The van der Waals surface area contributed by atoms with Crippen molar-refractivity contribution >= 4 is 47.4 Å². The number of anilines is 2. The number of carbonyl (C=O) groups is 4. The van der Waals surface area contributed by atoms with Crippen molar-refractivity contribution in [3.8, 4) is 35.1 Å². The van der Waals surface area contributed by atoms with E-state index in [2.05, 4.69) is 23.0 Å². The van der Waals surface area contributed by atoms with E-state index < -0.39 is 23.9 Å². The predicted octanol–water partition coefficient (Wildman–Crippen LogP) is 6.03. The van der Waals surface area contributed by atoms with E-state index in [0.717, 1.165) is 23.5 Å². The van der Waals surface area contributed by atoms with Gasteiger partial charge in [-0.25, -0.2) is 19.2 Å². The first-order chi connectivity index (χ1) is 32.0. The van der Waals surface area contributed by atoms with Gasteiger partial charge >= 0.3 is 23.9 Å². The molecule has 0 atom stereocenters. The molecule has 0 aliphatic heterocycles. The highest BCUT2D eigenvalue weighted by molar-refractivity contribution is 5.99. The SMILES string of the molecule is C=CC(=O)OCCOC(=O)/C(C#N)=C/c1c(OCC)cc(N(CC)CCOCCOCCN(CC)c2cc(OCC)c(/C=C(\C#N)C(=O)OCCOC(=O)C=C)c(OCC)c2)cc1OCC. The number of nitrogens with zero attached hydrogens (tertiary/aromatic N) is 4. The number of carbonyl (C=O) groups excluding carboxylic acids is 4. The van der Waals surface area contributed by atoms with Gasteiger partial charge in [-0.1, -0.05) is 13.2 Å². The van der Waals surface area contributed by atoms with Gasteiger partial charge in [-0.05, 0) is 53.7 Å². The monoisotopic (exact) mass is 918 g/mol. The Labute approximate surface area is 387 Å². The standard InChI is InChI=1S/C48H62N4O14/c1-9-45(53)63-23-25-65-47(55)35(33-49)27-39-41(59-13-5)29-37(30-42(39)60-14-6)51(11-3)17-19-57-21-22-58-20-18-52(12-4)38-31-43(61-15-7)40(44(32-38)62-16-8)28-36(34-50)48(56)66-26-24-64-46(54)10-2/h9-10,27-32H,1-2,11-26H2,3-8H3/b35-27+,36-28+. The van der Waals surface area contributed by atoms with Gasteiger partial charge in [0, 0.05) is 74.0 Å². The molecule has 0 heterocycles. The van der Waals surface area contributed by atoms with Crippen LogP contribution in [0.5, 0.6) is 23.0 Å². The van der Waals surface area contributed by atoms with Gasteiger partial charge in [0.05, 0.1) is 64.0 Å². The van der Waals surface area contributed by atoms with E-state index in [0.29, 0.717) is 113 Å². The van der Waals surface area contributed by atoms with Crippen LogP contribution in [0.1, 0.15) is 52.7 Å². The van der Waals surface area contributed by atoms with E-state index in [1.165, 1.54) is 12.2 Å². The van der Waals surface area contributed by atoms with Gasteiger partial charge in [-0.2, -0.15) is 10.5 Å². The van der Waals surface area contributed by atoms with Crippen molar-refractivity contribution in [2.24, 2.45) is 0 Å². The fourth-order valence-electron chi connectivity index (χ4n) is 5.92. The first-order valence-electron chi connectivity index (χ1n) is 21.7. The van der Waals surface area contributed by atoms with Gasteiger partial charge in [0.2, 0.25) is 0 Å². The molecule has 0 unspecified atom stereocenters. The molecule has 0 aromatic heterocycles. The maximum Gasteiger partial charge on any atom is 0.349 e. The summed E-state index contributed by atoms with van der Waals surface area (Å²) in [6.07, 6.45) is 4.69. The smallest absolute Gasteiger partial charge is 0.349 e. The van der Waals surface area contributed by atoms with Crippen LogP contribution in [0.4, 0.5) is 11.4 Å². The van der Waals surface area contributed by atoms with Crippen LogP contribution in [0.3, 0.4) is 0 Å². The van der Waals surface area contributed by atoms with E-state index in [4.69, 9.17) is 47.4 Å². The Morgan fingerprint density at radius 1 is 0.515 bits per heavy atom. The van der Waals surface area contributed by atoms with Gasteiger partial charge in [0.25, 0.3) is 0 Å². The fraction of sp³-hybridized carbons (Fsp3) is 0.458. The molecule has 0 bridgehead atoms. The third-order valence-corrected chi connectivity index (χ3v) is 8.97. The highest BCUT2D eigenvalue weighted by atomic mass is 16.6. The summed E-state index contributed by atoms with van der Waals surface area (Å²) in [5.74, 6) is -1.51. The van der Waals surface area contributed by atoms with E-state index in [1.54, 1.807) is 0 Å². The second-order valence-electron chi connectivity index (χ2n) is 13.2. The Hall–Kier alpha value is -7.02. The topological polar surface area (TPSA) is 215 Å². The summed E-state index contributed by atoms with van der Waals surface area (Å²) in [6.45, 7) is 22.0. The molecule has 66 heavy (non-hydrogen) atoms. The van der Waals surface area contributed by atoms with Crippen molar-refractivity contribution in [3.63, 3.8) is 0 Å². The first-order valence-corrected chi connectivity index (χ1v) is 21.7. The van der Waals surface area contributed by atoms with Crippen molar-refractivity contribution in [2.45, 2.75) is 41.5 Å². The number of esters is 4. The Morgan fingerprint density at radius 2 is 0.833 bits per heavy atom. The summed E-state index contributed by atoms with van der Waals surface area (Å²) in [6, 6.07) is 11.0. The average Bonchev–Trinajstić information content (AvgIpc) is 3.31. The number of benzene rings is 2. The highest BCUT2D eigenvalue weighted by Crippen LogP contribution is 2.38. The molecule has 0 spiro atoms. The van der Waals surface area contributed by atoms with Crippen LogP contribution in [0.25, 0.3) is 12.2 Å². The lowest BCUT2D eigenvalue weighted by atomic mass is 10.1. The minimum Gasteiger partial charge on any atom is -0.493 e. The third-order valence-electron chi connectivity index (χ3n) is 8.97. The molecule has 0 amide bonds. The molecule has 0 saturated carbocycles. The summed E-state index contributed by atoms with van der Waals surface area (Å²) < 4.78 is 55.6. The van der Waals surface area contributed by atoms with Crippen molar-refractivity contribution in [2.75, 3.05) is 115 Å². The zero-order chi connectivity index (χ0) is 48.7. The molecule has 2 aromatic rings. The number of hydrogen-bond acceptors (Lipinski definition) is 18. The van der Waals surface area contributed by atoms with Gasteiger partial charge in [-0.3, -0.25) is 0 Å². The minimum absolute atomic E-state index is 0.192. The van der Waals surface area contributed by atoms with E-state index in [-0.39, 0.29) is 37.6 Å². The average molecular weight is 919 g/mol. The molecular formula is C48H62N4O14. The lowest BCUT2D eigenvalue weighted by Crippen LogP contribution is -2.29. The largest absolute Gasteiger partial charge is 0.493 e. The van der Waals surface area contributed by atoms with Gasteiger partial charge < -0.3 is 57.2 Å². The van der Waals surface area contributed by atoms with Gasteiger partial charge in [0.15, 0.2) is 0 Å². The van der Waals surface area contributed by atoms with Gasteiger partial charge in [0.1, 0.15) is 72.7 Å². The lowest BCUT2D eigenvalue weighted by molar-refractivity contribution is -0.146. The molecular weight excluding hydrogens is 857 g/mol. The summed E-state index contributed by atoms with van der Waals surface area (Å²) in [5, 5.41) is 19.6. The minimum atomic E-state index is -0.896. The molecule has 0 saturated heterocycles. The zero-order valence-corrected chi connectivity index (χ0v) is 38.9. The van der Waals surface area contributed by atoms with Crippen molar-refractivity contribution < 1.29 is 66.5 Å². The van der Waals surface area contributed by atoms with Crippen molar-refractivity contribution in [3.05, 3.63) is 71.8 Å². The van der Waals surface area contributed by atoms with Crippen LogP contribution in [0, 0.1) is 22.7 Å². The normalized spacial score (nSPS) is 11.0. The quantitative estimate of drug-likeness (QED) is 0.0263. The van der Waals surface area contributed by atoms with Gasteiger partial charge in [-0.15, -0.1) is 0 Å². The Bertz CT molecular complexity index is 1870. The van der Waals surface area contributed by atoms with Crippen LogP contribution in [-0.2, 0) is 47.6 Å². The Morgan fingerprint density at radius 3 is 1.11 bits per heavy atom. The number of nitriles is 2. The van der Waals surface area contributed by atoms with Crippen LogP contribution in [0.15, 0.2) is 60.7 Å². The van der Waals surface area contributed by atoms with E-state index in [9.17, 15) is 29.7 Å². The van der Waals surface area contributed by atoms with E-state index >= 15 is 0 Å². The number of rotatable bonds is 33. The molecule has 18 nitrogen and oxygen atoms in total. The first kappa shape index (κ1) is 55.1. The van der Waals surface area contributed by atoms with E-state index in [1.807, 2.05) is 77.9 Å². The summed E-state index contributed by atoms with van der Waals surface area (Å²) in [4.78, 5) is 52.2. The maximum absolute atomic E-state index is 12.7. The molecule has 18 heteroatoms. The molecule has 2 aromatic carbocycles.